The molecule has 5 nitrogen and oxygen atoms in total. The first-order chi connectivity index (χ1) is 8.27. The molecule has 0 radical (unpaired) electrons. The van der Waals surface area contributed by atoms with Crippen molar-refractivity contribution in [1.29, 1.82) is 0 Å². The molecular formula is C12H21NO4S. The number of hydrogen-bond acceptors (Lipinski definition) is 4. The quantitative estimate of drug-likeness (QED) is 0.889. The molecule has 0 fully saturated rings. The van der Waals surface area contributed by atoms with Crippen LogP contribution in [0, 0.1) is 13.8 Å². The molecule has 0 aliphatic rings. The van der Waals surface area contributed by atoms with Gasteiger partial charge in [-0.3, -0.25) is 0 Å². The van der Waals surface area contributed by atoms with Crippen LogP contribution in [0.3, 0.4) is 0 Å². The Kier molecular flexibility index (Phi) is 4.58. The third kappa shape index (κ3) is 2.46. The predicted octanol–water partition coefficient (Wildman–Crippen LogP) is 1.81. The maximum atomic E-state index is 12.5. The van der Waals surface area contributed by atoms with Crippen LogP contribution in [0.2, 0.25) is 0 Å². The van der Waals surface area contributed by atoms with E-state index < -0.39 is 10.0 Å². The van der Waals surface area contributed by atoms with E-state index in [2.05, 4.69) is 0 Å². The number of aliphatic hydroxyl groups is 1. The van der Waals surface area contributed by atoms with E-state index in [0.29, 0.717) is 17.1 Å². The Morgan fingerprint density at radius 1 is 1.33 bits per heavy atom. The monoisotopic (exact) mass is 275 g/mol. The van der Waals surface area contributed by atoms with Crippen LogP contribution in [0.4, 0.5) is 0 Å². The van der Waals surface area contributed by atoms with Crippen LogP contribution in [0.25, 0.3) is 0 Å². The van der Waals surface area contributed by atoms with Crippen LogP contribution in [-0.4, -0.2) is 30.9 Å². The Bertz CT molecular complexity index is 518. The van der Waals surface area contributed by atoms with Gasteiger partial charge in [-0.25, -0.2) is 8.42 Å². The molecule has 0 spiro atoms. The summed E-state index contributed by atoms with van der Waals surface area (Å²) in [4.78, 5) is 0.102. The third-order valence-corrected chi connectivity index (χ3v) is 5.50. The van der Waals surface area contributed by atoms with Crippen molar-refractivity contribution < 1.29 is 17.9 Å². The summed E-state index contributed by atoms with van der Waals surface area (Å²) in [6.45, 7) is 6.69. The molecular weight excluding hydrogens is 254 g/mol. The van der Waals surface area contributed by atoms with Gasteiger partial charge in [0.05, 0.1) is 6.61 Å². The Balaban J connectivity index is 3.37. The van der Waals surface area contributed by atoms with Crippen molar-refractivity contribution in [2.75, 3.05) is 7.05 Å². The van der Waals surface area contributed by atoms with Gasteiger partial charge in [0.1, 0.15) is 16.4 Å². The second-order valence-corrected chi connectivity index (χ2v) is 6.39. The summed E-state index contributed by atoms with van der Waals surface area (Å²) in [6, 6.07) is -0.101. The lowest BCUT2D eigenvalue weighted by atomic mass is 10.2. The Hall–Kier alpha value is -0.850. The minimum atomic E-state index is -3.62. The molecule has 1 rings (SSSR count). The molecule has 0 aliphatic carbocycles. The van der Waals surface area contributed by atoms with E-state index in [9.17, 15) is 13.5 Å². The van der Waals surface area contributed by atoms with Gasteiger partial charge in [-0.15, -0.1) is 0 Å². The van der Waals surface area contributed by atoms with Crippen molar-refractivity contribution >= 4 is 10.0 Å². The number of hydrogen-bond donors (Lipinski definition) is 1. The average molecular weight is 275 g/mol. The fourth-order valence-corrected chi connectivity index (χ4v) is 3.70. The Morgan fingerprint density at radius 2 is 1.89 bits per heavy atom. The van der Waals surface area contributed by atoms with Gasteiger partial charge in [-0.05, 0) is 27.2 Å². The molecule has 1 N–H and O–H groups in total. The highest BCUT2D eigenvalue weighted by atomic mass is 32.2. The van der Waals surface area contributed by atoms with Crippen LogP contribution in [0.5, 0.6) is 0 Å². The molecule has 1 heterocycles. The number of aryl methyl sites for hydroxylation is 2. The van der Waals surface area contributed by atoms with E-state index >= 15 is 0 Å². The average Bonchev–Trinajstić information content (AvgIpc) is 2.61. The van der Waals surface area contributed by atoms with E-state index in [1.54, 1.807) is 20.9 Å². The van der Waals surface area contributed by atoms with Gasteiger partial charge in [0.25, 0.3) is 0 Å². The van der Waals surface area contributed by atoms with Crippen molar-refractivity contribution in [1.82, 2.24) is 4.31 Å². The summed E-state index contributed by atoms with van der Waals surface area (Å²) in [5.74, 6) is 0.776. The zero-order valence-corrected chi connectivity index (χ0v) is 12.3. The fraction of sp³-hybridized carbons (Fsp3) is 0.667. The predicted molar refractivity (Wildman–Crippen MR) is 68.8 cm³/mol. The largest absolute Gasteiger partial charge is 0.465 e. The highest BCUT2D eigenvalue weighted by molar-refractivity contribution is 7.89. The van der Waals surface area contributed by atoms with Crippen molar-refractivity contribution in [2.45, 2.75) is 51.7 Å². The molecule has 1 atom stereocenters. The molecule has 1 aromatic heterocycles. The second kappa shape index (κ2) is 5.42. The minimum absolute atomic E-state index is 0.101. The molecule has 0 saturated carbocycles. The molecule has 0 amide bonds. The van der Waals surface area contributed by atoms with Gasteiger partial charge in [-0.2, -0.15) is 4.31 Å². The first-order valence-corrected chi connectivity index (χ1v) is 7.39. The number of furan rings is 1. The van der Waals surface area contributed by atoms with E-state index in [0.717, 1.165) is 6.42 Å². The molecule has 1 aromatic rings. The summed E-state index contributed by atoms with van der Waals surface area (Å²) in [7, 11) is -2.08. The normalized spacial score (nSPS) is 14.2. The zero-order valence-electron chi connectivity index (χ0n) is 11.5. The van der Waals surface area contributed by atoms with E-state index in [-0.39, 0.29) is 17.5 Å². The third-order valence-electron chi connectivity index (χ3n) is 3.33. The van der Waals surface area contributed by atoms with Gasteiger partial charge in [0.15, 0.2) is 0 Å². The van der Waals surface area contributed by atoms with Crippen LogP contribution in [0.15, 0.2) is 9.31 Å². The van der Waals surface area contributed by atoms with Gasteiger partial charge in [0.2, 0.25) is 10.0 Å². The van der Waals surface area contributed by atoms with Crippen LogP contribution >= 0.6 is 0 Å². The molecule has 18 heavy (non-hydrogen) atoms. The molecule has 0 saturated heterocycles. The van der Waals surface area contributed by atoms with Gasteiger partial charge < -0.3 is 9.52 Å². The Labute approximate surface area is 108 Å². The molecule has 104 valence electrons. The molecule has 1 unspecified atom stereocenters. The number of sulfonamides is 1. The summed E-state index contributed by atoms with van der Waals surface area (Å²) in [5, 5.41) is 9.31. The molecule has 0 aromatic carbocycles. The maximum Gasteiger partial charge on any atom is 0.246 e. The van der Waals surface area contributed by atoms with Gasteiger partial charge >= 0.3 is 0 Å². The highest BCUT2D eigenvalue weighted by Crippen LogP contribution is 2.29. The van der Waals surface area contributed by atoms with Crippen molar-refractivity contribution in [2.24, 2.45) is 0 Å². The summed E-state index contributed by atoms with van der Waals surface area (Å²) < 4.78 is 31.6. The first kappa shape index (κ1) is 15.2. The summed E-state index contributed by atoms with van der Waals surface area (Å²) in [5.41, 5.74) is 0.350. The topological polar surface area (TPSA) is 70.8 Å². The van der Waals surface area contributed by atoms with Gasteiger partial charge in [0, 0.05) is 18.7 Å². The Morgan fingerprint density at radius 3 is 2.33 bits per heavy atom. The smallest absolute Gasteiger partial charge is 0.246 e. The minimum Gasteiger partial charge on any atom is -0.465 e. The van der Waals surface area contributed by atoms with Crippen LogP contribution in [-0.2, 0) is 16.6 Å². The standard InChI is InChI=1S/C12H21NO4S/c1-6-8(2)13(5)18(15,16)12-10(4)17-9(3)11(12)7-14/h8,14H,6-7H2,1-5H3. The highest BCUT2D eigenvalue weighted by Gasteiger charge is 2.31. The lowest BCUT2D eigenvalue weighted by molar-refractivity contribution is 0.276. The van der Waals surface area contributed by atoms with E-state index in [1.807, 2.05) is 13.8 Å². The van der Waals surface area contributed by atoms with E-state index in [4.69, 9.17) is 4.42 Å². The van der Waals surface area contributed by atoms with Crippen LogP contribution < -0.4 is 0 Å². The number of nitrogens with zero attached hydrogens (tertiary/aromatic N) is 1. The van der Waals surface area contributed by atoms with E-state index in [1.165, 1.54) is 4.31 Å². The SMILES string of the molecule is CCC(C)N(C)S(=O)(=O)c1c(C)oc(C)c1CO. The summed E-state index contributed by atoms with van der Waals surface area (Å²) >= 11 is 0. The van der Waals surface area contributed by atoms with Crippen LogP contribution in [0.1, 0.15) is 37.4 Å². The van der Waals surface area contributed by atoms with Crippen molar-refractivity contribution in [3.05, 3.63) is 17.1 Å². The first-order valence-electron chi connectivity index (χ1n) is 5.95. The molecule has 0 bridgehead atoms. The van der Waals surface area contributed by atoms with Gasteiger partial charge in [-0.1, -0.05) is 6.92 Å². The molecule has 0 aliphatic heterocycles. The fourth-order valence-electron chi connectivity index (χ4n) is 1.87. The molecule has 6 heteroatoms. The lowest BCUT2D eigenvalue weighted by Crippen LogP contribution is -2.35. The second-order valence-electron chi connectivity index (χ2n) is 4.46. The summed E-state index contributed by atoms with van der Waals surface area (Å²) in [6.07, 6.45) is 0.722. The zero-order chi connectivity index (χ0) is 14.1. The lowest BCUT2D eigenvalue weighted by Gasteiger charge is -2.23. The number of rotatable bonds is 5. The maximum absolute atomic E-state index is 12.5. The number of aliphatic hydroxyl groups excluding tert-OH is 1. The van der Waals surface area contributed by atoms with Crippen molar-refractivity contribution in [3.63, 3.8) is 0 Å². The van der Waals surface area contributed by atoms with Crippen molar-refractivity contribution in [3.8, 4) is 0 Å².